The van der Waals surface area contributed by atoms with Crippen LogP contribution in [0.3, 0.4) is 0 Å². The first-order valence-electron chi connectivity index (χ1n) is 4.18. The van der Waals surface area contributed by atoms with Crippen LogP contribution in [0.4, 0.5) is 0 Å². The largest absolute Gasteiger partial charge is 0.507 e. The third kappa shape index (κ3) is 2.65. The summed E-state index contributed by atoms with van der Waals surface area (Å²) in [6.07, 6.45) is 0. The molecule has 6 heteroatoms. The molecule has 0 aliphatic rings. The van der Waals surface area contributed by atoms with Gasteiger partial charge in [0.1, 0.15) is 10.6 Å². The van der Waals surface area contributed by atoms with Crippen LogP contribution in [0.15, 0.2) is 41.3 Å². The van der Waals surface area contributed by atoms with Crippen LogP contribution in [-0.2, 0) is 10.1 Å². The van der Waals surface area contributed by atoms with Crippen LogP contribution in [0.25, 0.3) is 10.8 Å². The van der Waals surface area contributed by atoms with Crippen molar-refractivity contribution in [2.45, 2.75) is 4.90 Å². The summed E-state index contributed by atoms with van der Waals surface area (Å²) in [4.78, 5) is -0.198. The number of phenols is 1. The second-order valence-electron chi connectivity index (χ2n) is 3.10. The summed E-state index contributed by atoms with van der Waals surface area (Å²) in [7, 11) is -4.26. The maximum Gasteiger partial charge on any atom is 0.295 e. The molecule has 0 saturated carbocycles. The van der Waals surface area contributed by atoms with Crippen molar-refractivity contribution in [3.63, 3.8) is 0 Å². The van der Waals surface area contributed by atoms with Crippen LogP contribution in [-0.4, -0.2) is 69.5 Å². The van der Waals surface area contributed by atoms with Gasteiger partial charge in [-0.25, -0.2) is 0 Å². The standard InChI is InChI=1S/C10H8O4S.K/c11-9-5-6-10(15(12,13)14)8-4-2-1-3-7(8)9;/h1-6,11H,(H,12,13,14);. The molecule has 16 heavy (non-hydrogen) atoms. The maximum absolute atomic E-state index is 11.0. The van der Waals surface area contributed by atoms with E-state index in [2.05, 4.69) is 0 Å². The van der Waals surface area contributed by atoms with Gasteiger partial charge in [0, 0.05) is 62.2 Å². The van der Waals surface area contributed by atoms with Crippen LogP contribution in [0.1, 0.15) is 0 Å². The molecule has 79 valence electrons. The SMILES string of the molecule is O=S(=O)(O)c1ccc(O)c2ccccc12.[K]. The van der Waals surface area contributed by atoms with E-state index in [1.54, 1.807) is 18.2 Å². The Kier molecular flexibility index (Phi) is 4.53. The smallest absolute Gasteiger partial charge is 0.295 e. The van der Waals surface area contributed by atoms with Crippen molar-refractivity contribution in [1.29, 1.82) is 0 Å². The molecule has 4 nitrogen and oxygen atoms in total. The Balaban J connectivity index is 0.00000128. The molecule has 0 spiro atoms. The van der Waals surface area contributed by atoms with Crippen molar-refractivity contribution in [2.24, 2.45) is 0 Å². The fraction of sp³-hybridized carbons (Fsp3) is 0. The van der Waals surface area contributed by atoms with Crippen LogP contribution in [0.2, 0.25) is 0 Å². The van der Waals surface area contributed by atoms with Crippen LogP contribution >= 0.6 is 0 Å². The number of phenolic OH excluding ortho intramolecular Hbond substituents is 1. The van der Waals surface area contributed by atoms with Crippen molar-refractivity contribution in [3.05, 3.63) is 36.4 Å². The summed E-state index contributed by atoms with van der Waals surface area (Å²) in [5.41, 5.74) is 0. The van der Waals surface area contributed by atoms with E-state index in [1.165, 1.54) is 18.2 Å². The molecule has 0 fully saturated rings. The predicted molar refractivity (Wildman–Crippen MR) is 61.2 cm³/mol. The van der Waals surface area contributed by atoms with Gasteiger partial charge >= 0.3 is 0 Å². The molecule has 2 aromatic rings. The Bertz CT molecular complexity index is 622. The number of aromatic hydroxyl groups is 1. The van der Waals surface area contributed by atoms with Gasteiger partial charge in [0.2, 0.25) is 0 Å². The molecule has 2 N–H and O–H groups in total. The van der Waals surface area contributed by atoms with Crippen LogP contribution < -0.4 is 0 Å². The van der Waals surface area contributed by atoms with Crippen molar-refractivity contribution in [1.82, 2.24) is 0 Å². The Morgan fingerprint density at radius 1 is 0.938 bits per heavy atom. The maximum atomic E-state index is 11.0. The molecule has 0 heterocycles. The third-order valence-electron chi connectivity index (χ3n) is 2.14. The Hall–Kier alpha value is 0.0464. The molecule has 0 atom stereocenters. The summed E-state index contributed by atoms with van der Waals surface area (Å²) in [6.45, 7) is 0. The summed E-state index contributed by atoms with van der Waals surface area (Å²) in [6, 6.07) is 8.84. The third-order valence-corrected chi connectivity index (χ3v) is 3.05. The van der Waals surface area contributed by atoms with E-state index in [9.17, 15) is 13.5 Å². The van der Waals surface area contributed by atoms with Gasteiger partial charge in [-0.3, -0.25) is 4.55 Å². The van der Waals surface area contributed by atoms with E-state index >= 15 is 0 Å². The molecule has 0 amide bonds. The van der Waals surface area contributed by atoms with Gasteiger partial charge in [0.05, 0.1) is 0 Å². The van der Waals surface area contributed by atoms with Crippen LogP contribution in [0, 0.1) is 0 Å². The summed E-state index contributed by atoms with van der Waals surface area (Å²) < 4.78 is 31.0. The number of hydrogen-bond donors (Lipinski definition) is 2. The average molecular weight is 263 g/mol. The molecule has 2 rings (SSSR count). The molecule has 0 aromatic heterocycles. The topological polar surface area (TPSA) is 74.6 Å². The Morgan fingerprint density at radius 3 is 2.06 bits per heavy atom. The molecule has 0 unspecified atom stereocenters. The molecule has 0 bridgehead atoms. The molecular weight excluding hydrogens is 255 g/mol. The van der Waals surface area contributed by atoms with Gasteiger partial charge in [-0.15, -0.1) is 0 Å². The monoisotopic (exact) mass is 263 g/mol. The molecule has 1 radical (unpaired) electrons. The van der Waals surface area contributed by atoms with Gasteiger partial charge in [-0.2, -0.15) is 8.42 Å². The second kappa shape index (κ2) is 5.13. The first-order chi connectivity index (χ1) is 7.00. The van der Waals surface area contributed by atoms with E-state index in [1.807, 2.05) is 0 Å². The Labute approximate surface area is 135 Å². The van der Waals surface area contributed by atoms with Crippen molar-refractivity contribution < 1.29 is 18.1 Å². The molecule has 0 aliphatic heterocycles. The zero-order valence-electron chi connectivity index (χ0n) is 8.58. The molecule has 2 aromatic carbocycles. The molecular formula is C10H8KO4S. The Morgan fingerprint density at radius 2 is 1.50 bits per heavy atom. The number of fused-ring (bicyclic) bond motifs is 1. The zero-order valence-corrected chi connectivity index (χ0v) is 12.5. The number of benzene rings is 2. The quantitative estimate of drug-likeness (QED) is 0.602. The van der Waals surface area contributed by atoms with E-state index in [-0.39, 0.29) is 62.0 Å². The fourth-order valence-electron chi connectivity index (χ4n) is 1.48. The summed E-state index contributed by atoms with van der Waals surface area (Å²) in [5.74, 6) is -0.0157. The minimum absolute atomic E-state index is 0. The van der Waals surface area contributed by atoms with Gasteiger partial charge in [-0.1, -0.05) is 24.3 Å². The second-order valence-corrected chi connectivity index (χ2v) is 4.49. The van der Waals surface area contributed by atoms with Crippen molar-refractivity contribution >= 4 is 72.3 Å². The van der Waals surface area contributed by atoms with Crippen molar-refractivity contribution in [3.8, 4) is 5.75 Å². The molecule has 0 saturated heterocycles. The zero-order chi connectivity index (χ0) is 11.1. The van der Waals surface area contributed by atoms with E-state index < -0.39 is 10.1 Å². The minimum Gasteiger partial charge on any atom is -0.507 e. The summed E-state index contributed by atoms with van der Waals surface area (Å²) in [5, 5.41) is 10.2. The fourth-order valence-corrected chi connectivity index (χ4v) is 2.18. The van der Waals surface area contributed by atoms with Gasteiger partial charge in [0.15, 0.2) is 0 Å². The van der Waals surface area contributed by atoms with Crippen LogP contribution in [0.5, 0.6) is 5.75 Å². The number of hydrogen-bond acceptors (Lipinski definition) is 3. The normalized spacial score (nSPS) is 11.1. The van der Waals surface area contributed by atoms with Gasteiger partial charge < -0.3 is 5.11 Å². The predicted octanol–water partition coefficient (Wildman–Crippen LogP) is 1.41. The minimum atomic E-state index is -4.26. The first-order valence-corrected chi connectivity index (χ1v) is 5.62. The van der Waals surface area contributed by atoms with Crippen molar-refractivity contribution in [2.75, 3.05) is 0 Å². The van der Waals surface area contributed by atoms with E-state index in [4.69, 9.17) is 4.55 Å². The van der Waals surface area contributed by atoms with E-state index in [0.717, 1.165) is 0 Å². The van der Waals surface area contributed by atoms with E-state index in [0.29, 0.717) is 10.8 Å². The average Bonchev–Trinajstić information content (AvgIpc) is 2.17. The molecule has 0 aliphatic carbocycles. The van der Waals surface area contributed by atoms with Gasteiger partial charge in [0.25, 0.3) is 10.1 Å². The summed E-state index contributed by atoms with van der Waals surface area (Å²) >= 11 is 0. The number of rotatable bonds is 1. The first kappa shape index (κ1) is 14.1. The van der Waals surface area contributed by atoms with Gasteiger partial charge in [-0.05, 0) is 12.1 Å².